The summed E-state index contributed by atoms with van der Waals surface area (Å²) >= 11 is 0. The molecule has 0 aliphatic heterocycles. The van der Waals surface area contributed by atoms with E-state index in [9.17, 15) is 26.3 Å². The molecule has 0 atom stereocenters. The third-order valence-corrected chi connectivity index (χ3v) is 4.80. The summed E-state index contributed by atoms with van der Waals surface area (Å²) < 4.78 is 80.7. The molecule has 0 aliphatic rings. The second kappa shape index (κ2) is 14.1. The normalized spacial score (nSPS) is 10.1. The first-order valence-electron chi connectivity index (χ1n) is 11.0. The average Bonchev–Trinajstić information content (AvgIpc) is 3.69. The third kappa shape index (κ3) is 7.78. The second-order valence-electron chi connectivity index (χ2n) is 7.48. The van der Waals surface area contributed by atoms with Gasteiger partial charge in [0.05, 0.1) is 5.82 Å². The van der Waals surface area contributed by atoms with Crippen LogP contribution in [0.2, 0.25) is 0 Å². The fourth-order valence-corrected chi connectivity index (χ4v) is 3.11. The molecular formula is C27H16F6IrN6+. The number of nitrogens with zero attached hydrogens (tertiary/aromatic N) is 6. The van der Waals surface area contributed by atoms with Gasteiger partial charge in [-0.1, -0.05) is 6.07 Å². The van der Waals surface area contributed by atoms with E-state index in [1.54, 1.807) is 36.8 Å². The maximum absolute atomic E-state index is 13.1. The summed E-state index contributed by atoms with van der Waals surface area (Å²) in [6.45, 7) is 0. The van der Waals surface area contributed by atoms with Gasteiger partial charge in [-0.2, -0.15) is 16.3 Å². The molecule has 40 heavy (non-hydrogen) atoms. The molecule has 6 aromatic rings. The van der Waals surface area contributed by atoms with Gasteiger partial charge < -0.3 is 5.10 Å². The van der Waals surface area contributed by atoms with Crippen LogP contribution in [-0.4, -0.2) is 19.6 Å². The Morgan fingerprint density at radius 3 is 1.88 bits per heavy atom. The van der Waals surface area contributed by atoms with E-state index in [4.69, 9.17) is 0 Å². The summed E-state index contributed by atoms with van der Waals surface area (Å²) in [5.74, 6) is -3.86. The van der Waals surface area contributed by atoms with Crippen LogP contribution in [0.25, 0.3) is 17.1 Å². The van der Waals surface area contributed by atoms with Gasteiger partial charge in [-0.25, -0.2) is 13.5 Å². The number of hydrogen-bond acceptors (Lipinski definition) is 2. The van der Waals surface area contributed by atoms with E-state index < -0.39 is 34.9 Å². The summed E-state index contributed by atoms with van der Waals surface area (Å²) in [5.41, 5.74) is 0.476. The zero-order valence-electron chi connectivity index (χ0n) is 20.0. The van der Waals surface area contributed by atoms with E-state index in [1.807, 2.05) is 0 Å². The van der Waals surface area contributed by atoms with Gasteiger partial charge in [-0.3, -0.25) is 26.9 Å². The molecule has 3 aromatic heterocycles. The Balaban J connectivity index is 0.000000163. The minimum Gasteiger partial charge on any atom is -0.414 e. The van der Waals surface area contributed by atoms with E-state index in [0.717, 1.165) is 30.3 Å². The molecule has 0 saturated heterocycles. The van der Waals surface area contributed by atoms with Gasteiger partial charge in [-0.05, 0) is 36.0 Å². The third-order valence-electron chi connectivity index (χ3n) is 4.80. The standard InChI is InChI=1S/C9H6F2N2.2C9H5F2N2.Ir/c3*10-7-2-3-9(8(11)6-7)13-5-1-4-12-13;/h1-6H;2*1-2,4-6H;/q;2*-1;+3. The summed E-state index contributed by atoms with van der Waals surface area (Å²) in [4.78, 5) is 0. The van der Waals surface area contributed by atoms with Crippen molar-refractivity contribution in [2.24, 2.45) is 0 Å². The number of aromatic nitrogens is 6. The first-order chi connectivity index (χ1) is 18.8. The molecule has 0 radical (unpaired) electrons. The van der Waals surface area contributed by atoms with Gasteiger partial charge in [0.15, 0.2) is 12.0 Å². The van der Waals surface area contributed by atoms with Gasteiger partial charge in [0.1, 0.15) is 17.2 Å². The van der Waals surface area contributed by atoms with E-state index in [1.165, 1.54) is 44.8 Å². The van der Waals surface area contributed by atoms with Crippen molar-refractivity contribution >= 4 is 0 Å². The number of rotatable bonds is 3. The summed E-state index contributed by atoms with van der Waals surface area (Å²) in [7, 11) is 0. The predicted octanol–water partition coefficient (Wildman–Crippen LogP) is 5.10. The first-order valence-corrected chi connectivity index (χ1v) is 11.0. The SMILES string of the molecule is Fc1c[c-]c(-[n+]2ccc[n-]2)c(F)c1.Fc1c[c-]c(-n2cccn2)c(F)c1.Fc1ccc(-n2cccn2)c(F)c1.[Ir+3]. The molecule has 0 bridgehead atoms. The zero-order chi connectivity index (χ0) is 27.8. The van der Waals surface area contributed by atoms with Crippen molar-refractivity contribution in [1.82, 2.24) is 24.7 Å². The molecule has 0 aliphatic carbocycles. The van der Waals surface area contributed by atoms with Crippen LogP contribution in [0.3, 0.4) is 0 Å². The van der Waals surface area contributed by atoms with Gasteiger partial charge in [0.2, 0.25) is 0 Å². The molecular weight excluding hydrogens is 715 g/mol. The van der Waals surface area contributed by atoms with Crippen molar-refractivity contribution < 1.29 is 51.1 Å². The fourth-order valence-electron chi connectivity index (χ4n) is 3.11. The van der Waals surface area contributed by atoms with Crippen LogP contribution in [0.4, 0.5) is 26.3 Å². The molecule has 0 spiro atoms. The Kier molecular flexibility index (Phi) is 10.6. The molecule has 0 saturated carbocycles. The largest absolute Gasteiger partial charge is 3.00 e. The molecule has 13 heteroatoms. The van der Waals surface area contributed by atoms with Crippen molar-refractivity contribution in [2.75, 3.05) is 0 Å². The van der Waals surface area contributed by atoms with Crippen LogP contribution < -0.4 is 9.78 Å². The molecule has 3 aromatic carbocycles. The van der Waals surface area contributed by atoms with Crippen molar-refractivity contribution in [3.05, 3.63) is 145 Å². The van der Waals surface area contributed by atoms with Crippen molar-refractivity contribution in [2.45, 2.75) is 0 Å². The van der Waals surface area contributed by atoms with Gasteiger partial charge in [-0.15, -0.1) is 30.5 Å². The molecule has 6 nitrogen and oxygen atoms in total. The molecule has 6 rings (SSSR count). The topological polar surface area (TPSA) is 53.6 Å². The molecule has 0 fully saturated rings. The Bertz CT molecular complexity index is 1430. The van der Waals surface area contributed by atoms with Gasteiger partial charge in [0, 0.05) is 48.3 Å². The zero-order valence-corrected chi connectivity index (χ0v) is 22.4. The number of halogens is 6. The van der Waals surface area contributed by atoms with Crippen LogP contribution in [-0.2, 0) is 20.1 Å². The van der Waals surface area contributed by atoms with Crippen molar-refractivity contribution in [3.8, 4) is 17.1 Å². The van der Waals surface area contributed by atoms with Crippen LogP contribution in [0, 0.1) is 47.0 Å². The molecule has 0 unspecified atom stereocenters. The minimum atomic E-state index is -0.677. The van der Waals surface area contributed by atoms with E-state index >= 15 is 0 Å². The van der Waals surface area contributed by atoms with Crippen LogP contribution in [0.5, 0.6) is 0 Å². The predicted molar refractivity (Wildman–Crippen MR) is 126 cm³/mol. The quantitative estimate of drug-likeness (QED) is 0.145. The molecule has 0 amide bonds. The molecule has 204 valence electrons. The average molecular weight is 731 g/mol. The summed E-state index contributed by atoms with van der Waals surface area (Å²) in [6, 6.07) is 17.0. The van der Waals surface area contributed by atoms with Crippen molar-refractivity contribution in [1.29, 1.82) is 0 Å². The molecule has 3 heterocycles. The minimum absolute atomic E-state index is 0. The maximum atomic E-state index is 13.1. The van der Waals surface area contributed by atoms with Crippen LogP contribution in [0.1, 0.15) is 0 Å². The Morgan fingerprint density at radius 2 is 1.32 bits per heavy atom. The maximum Gasteiger partial charge on any atom is 3.00 e. The first kappa shape index (κ1) is 30.1. The Morgan fingerprint density at radius 1 is 0.700 bits per heavy atom. The second-order valence-corrected chi connectivity index (χ2v) is 7.48. The number of hydrogen-bond donors (Lipinski definition) is 0. The fraction of sp³-hybridized carbons (Fsp3) is 0. The van der Waals surface area contributed by atoms with E-state index in [2.05, 4.69) is 27.4 Å². The number of benzene rings is 3. The Labute approximate surface area is 237 Å². The van der Waals surface area contributed by atoms with Crippen LogP contribution in [0.15, 0.2) is 97.8 Å². The summed E-state index contributed by atoms with van der Waals surface area (Å²) in [6.07, 6.45) is 9.27. The molecule has 0 N–H and O–H groups in total. The smallest absolute Gasteiger partial charge is 0.414 e. The van der Waals surface area contributed by atoms with E-state index in [-0.39, 0.29) is 37.2 Å². The van der Waals surface area contributed by atoms with Crippen molar-refractivity contribution in [3.63, 3.8) is 0 Å². The van der Waals surface area contributed by atoms with E-state index in [0.29, 0.717) is 0 Å². The van der Waals surface area contributed by atoms with Gasteiger partial charge in [0.25, 0.3) is 0 Å². The summed E-state index contributed by atoms with van der Waals surface area (Å²) in [5, 5.41) is 11.4. The van der Waals surface area contributed by atoms with Gasteiger partial charge >= 0.3 is 20.1 Å². The van der Waals surface area contributed by atoms with Crippen LogP contribution >= 0.6 is 0 Å². The Hall–Kier alpha value is -4.48. The monoisotopic (exact) mass is 731 g/mol.